The lowest BCUT2D eigenvalue weighted by atomic mass is 9.69. The number of nitrogens with zero attached hydrogens (tertiary/aromatic N) is 3. The van der Waals surface area contributed by atoms with E-state index >= 15 is 0 Å². The van der Waals surface area contributed by atoms with Gasteiger partial charge in [0.05, 0.1) is 47.3 Å². The Morgan fingerprint density at radius 1 is 1.20 bits per heavy atom. The lowest BCUT2D eigenvalue weighted by Gasteiger charge is -2.43. The third-order valence-corrected chi connectivity index (χ3v) is 6.78. The molecule has 3 heterocycles. The Morgan fingerprint density at radius 3 is 2.71 bits per heavy atom. The van der Waals surface area contributed by atoms with Crippen LogP contribution in [0.3, 0.4) is 0 Å². The Labute approximate surface area is 204 Å². The van der Waals surface area contributed by atoms with Crippen LogP contribution in [-0.2, 0) is 0 Å². The number of nitrogens with one attached hydrogen (secondary N) is 1. The van der Waals surface area contributed by atoms with Gasteiger partial charge in [0.1, 0.15) is 0 Å². The highest BCUT2D eigenvalue weighted by Crippen LogP contribution is 2.43. The summed E-state index contributed by atoms with van der Waals surface area (Å²) in [6.45, 7) is 5.94. The number of carbonyl (C=O) groups is 1. The molecular weight excluding hydrogens is 446 g/mol. The number of carbonyl (C=O) groups excluding carboxylic acids is 1. The van der Waals surface area contributed by atoms with Crippen molar-refractivity contribution in [3.05, 3.63) is 60.0 Å². The van der Waals surface area contributed by atoms with Gasteiger partial charge >= 0.3 is 0 Å². The van der Waals surface area contributed by atoms with Crippen molar-refractivity contribution in [3.63, 3.8) is 0 Å². The highest BCUT2D eigenvalue weighted by atomic mass is 16.5. The minimum atomic E-state index is -1.15. The van der Waals surface area contributed by atoms with Crippen LogP contribution >= 0.6 is 0 Å². The van der Waals surface area contributed by atoms with Gasteiger partial charge in [-0.15, -0.1) is 0 Å². The predicted octanol–water partition coefficient (Wildman–Crippen LogP) is 3.40. The largest absolute Gasteiger partial charge is 0.478 e. The van der Waals surface area contributed by atoms with E-state index in [0.29, 0.717) is 42.4 Å². The first kappa shape index (κ1) is 24.6. The van der Waals surface area contributed by atoms with E-state index in [2.05, 4.69) is 20.3 Å². The number of amides is 1. The third kappa shape index (κ3) is 5.11. The van der Waals surface area contributed by atoms with Crippen LogP contribution in [0.25, 0.3) is 11.4 Å². The van der Waals surface area contributed by atoms with Gasteiger partial charge in [0.15, 0.2) is 5.69 Å². The van der Waals surface area contributed by atoms with E-state index in [4.69, 9.17) is 10.5 Å². The highest BCUT2D eigenvalue weighted by molar-refractivity contribution is 6.06. The van der Waals surface area contributed by atoms with Gasteiger partial charge in [0, 0.05) is 12.3 Å². The molecule has 1 fully saturated rings. The quantitative estimate of drug-likeness (QED) is 0.423. The van der Waals surface area contributed by atoms with Crippen molar-refractivity contribution < 1.29 is 19.7 Å². The number of aliphatic hydroxyl groups excluding tert-OH is 1. The van der Waals surface area contributed by atoms with E-state index in [-0.39, 0.29) is 23.2 Å². The van der Waals surface area contributed by atoms with E-state index in [1.165, 1.54) is 0 Å². The van der Waals surface area contributed by atoms with Gasteiger partial charge in [-0.3, -0.25) is 9.78 Å². The molecule has 9 nitrogen and oxygen atoms in total. The number of nitrogen functional groups attached to an aromatic ring is 1. The van der Waals surface area contributed by atoms with E-state index in [1.54, 1.807) is 43.6 Å². The van der Waals surface area contributed by atoms with Gasteiger partial charge in [-0.05, 0) is 68.4 Å². The number of anilines is 2. The Hall–Kier alpha value is -3.56. The van der Waals surface area contributed by atoms with Crippen molar-refractivity contribution in [1.82, 2.24) is 15.0 Å². The number of ether oxygens (including phenoxy) is 1. The molecule has 1 aliphatic carbocycles. The molecule has 184 valence electrons. The Kier molecular flexibility index (Phi) is 7.00. The van der Waals surface area contributed by atoms with E-state index in [1.807, 2.05) is 26.0 Å². The molecule has 4 atom stereocenters. The van der Waals surface area contributed by atoms with Gasteiger partial charge in [-0.2, -0.15) is 0 Å². The summed E-state index contributed by atoms with van der Waals surface area (Å²) in [5, 5.41) is 24.0. The molecule has 0 saturated heterocycles. The lowest BCUT2D eigenvalue weighted by Crippen LogP contribution is -2.49. The number of hydrogen-bond acceptors (Lipinski definition) is 8. The summed E-state index contributed by atoms with van der Waals surface area (Å²) in [5.41, 5.74) is 7.66. The van der Waals surface area contributed by atoms with Crippen LogP contribution in [0.4, 0.5) is 11.4 Å². The molecule has 35 heavy (non-hydrogen) atoms. The molecule has 0 aromatic carbocycles. The molecule has 3 aromatic heterocycles. The lowest BCUT2D eigenvalue weighted by molar-refractivity contribution is -0.123. The number of aromatic nitrogens is 3. The molecule has 1 amide bonds. The predicted molar refractivity (Wildman–Crippen MR) is 133 cm³/mol. The Balaban J connectivity index is 1.60. The van der Waals surface area contributed by atoms with E-state index < -0.39 is 17.6 Å². The summed E-state index contributed by atoms with van der Waals surface area (Å²) in [6, 6.07) is 10.5. The van der Waals surface area contributed by atoms with Crippen LogP contribution in [0.1, 0.15) is 55.6 Å². The normalized spacial score (nSPS) is 24.1. The number of pyridine rings is 3. The standard InChI is InChI=1S/C26H31N5O4/c1-4-35-23-7-5-6-19(29-23)20-9-8-18(27)24(30-20)25(33)31-21-14-28-11-10-17(21)16-12-15(2)26(3,34)22(32)13-16/h5-11,14-16,22,32,34H,4,12-13,27H2,1-3H3,(H,31,33)/t15-,16+,22+,26+/m0/s1. The topological polar surface area (TPSA) is 143 Å². The minimum Gasteiger partial charge on any atom is -0.478 e. The van der Waals surface area contributed by atoms with Crippen LogP contribution < -0.4 is 15.8 Å². The molecule has 1 saturated carbocycles. The molecule has 4 rings (SSSR count). The van der Waals surface area contributed by atoms with Crippen molar-refractivity contribution in [2.75, 3.05) is 17.7 Å². The van der Waals surface area contributed by atoms with Gasteiger partial charge in [-0.25, -0.2) is 9.97 Å². The van der Waals surface area contributed by atoms with Crippen LogP contribution in [0, 0.1) is 5.92 Å². The average molecular weight is 478 g/mol. The summed E-state index contributed by atoms with van der Waals surface area (Å²) < 4.78 is 5.46. The zero-order chi connectivity index (χ0) is 25.2. The van der Waals surface area contributed by atoms with Crippen molar-refractivity contribution >= 4 is 17.3 Å². The van der Waals surface area contributed by atoms with Gasteiger partial charge in [0.25, 0.3) is 5.91 Å². The molecule has 3 aromatic rings. The molecular formula is C26H31N5O4. The fourth-order valence-corrected chi connectivity index (χ4v) is 4.48. The van der Waals surface area contributed by atoms with Crippen LogP contribution in [-0.4, -0.2) is 49.4 Å². The second-order valence-corrected chi connectivity index (χ2v) is 9.16. The summed E-state index contributed by atoms with van der Waals surface area (Å²) in [5.74, 6) is -0.184. The first-order chi connectivity index (χ1) is 16.7. The zero-order valence-electron chi connectivity index (χ0n) is 20.1. The second-order valence-electron chi connectivity index (χ2n) is 9.16. The summed E-state index contributed by atoms with van der Waals surface area (Å²) in [6.07, 6.45) is 3.39. The maximum Gasteiger partial charge on any atom is 0.276 e. The zero-order valence-corrected chi connectivity index (χ0v) is 20.1. The SMILES string of the molecule is CCOc1cccc(-c2ccc(N)c(C(=O)Nc3cnccc3[C@H]3C[C@@H](O)[C@](C)(O)[C@@H](C)C3)n2)n1. The van der Waals surface area contributed by atoms with Crippen LogP contribution in [0.15, 0.2) is 48.8 Å². The van der Waals surface area contributed by atoms with E-state index in [0.717, 1.165) is 5.56 Å². The fourth-order valence-electron chi connectivity index (χ4n) is 4.48. The third-order valence-electron chi connectivity index (χ3n) is 6.78. The summed E-state index contributed by atoms with van der Waals surface area (Å²) >= 11 is 0. The van der Waals surface area contributed by atoms with Crippen molar-refractivity contribution in [2.24, 2.45) is 5.92 Å². The second kappa shape index (κ2) is 9.97. The maximum atomic E-state index is 13.2. The molecule has 0 unspecified atom stereocenters. The smallest absolute Gasteiger partial charge is 0.276 e. The molecule has 1 aliphatic rings. The molecule has 0 bridgehead atoms. The summed E-state index contributed by atoms with van der Waals surface area (Å²) in [4.78, 5) is 26.3. The molecule has 0 spiro atoms. The number of rotatable bonds is 6. The first-order valence-corrected chi connectivity index (χ1v) is 11.7. The summed E-state index contributed by atoms with van der Waals surface area (Å²) in [7, 11) is 0. The minimum absolute atomic E-state index is 0.0549. The fraction of sp³-hybridized carbons (Fsp3) is 0.385. The number of hydrogen-bond donors (Lipinski definition) is 4. The van der Waals surface area contributed by atoms with Crippen molar-refractivity contribution in [1.29, 1.82) is 0 Å². The van der Waals surface area contributed by atoms with Gasteiger partial charge in [-0.1, -0.05) is 13.0 Å². The Bertz CT molecular complexity index is 1200. The first-order valence-electron chi connectivity index (χ1n) is 11.7. The maximum absolute atomic E-state index is 13.2. The number of aliphatic hydroxyl groups is 2. The van der Waals surface area contributed by atoms with Gasteiger partial charge in [0.2, 0.25) is 5.88 Å². The Morgan fingerprint density at radius 2 is 1.97 bits per heavy atom. The molecule has 5 N–H and O–H groups in total. The molecule has 0 aliphatic heterocycles. The van der Waals surface area contributed by atoms with Crippen molar-refractivity contribution in [2.45, 2.75) is 51.2 Å². The monoisotopic (exact) mass is 477 g/mol. The number of nitrogens with two attached hydrogens (primary N) is 1. The molecule has 0 radical (unpaired) electrons. The molecule has 9 heteroatoms. The van der Waals surface area contributed by atoms with Gasteiger partial charge < -0.3 is 26.0 Å². The van der Waals surface area contributed by atoms with E-state index in [9.17, 15) is 15.0 Å². The van der Waals surface area contributed by atoms with Crippen molar-refractivity contribution in [3.8, 4) is 17.3 Å². The van der Waals surface area contributed by atoms with Crippen LogP contribution in [0.5, 0.6) is 5.88 Å². The average Bonchev–Trinajstić information content (AvgIpc) is 2.83. The van der Waals surface area contributed by atoms with Crippen LogP contribution in [0.2, 0.25) is 0 Å². The highest BCUT2D eigenvalue weighted by Gasteiger charge is 2.43.